The molecule has 0 aliphatic rings. The quantitative estimate of drug-likeness (QED) is 0.583. The topological polar surface area (TPSA) is 63.0 Å². The molecule has 2 N–H and O–H groups in total. The summed E-state index contributed by atoms with van der Waals surface area (Å²) in [6.07, 6.45) is 0. The minimum Gasteiger partial charge on any atom is -0.351 e. The molecule has 0 amide bonds. The van der Waals surface area contributed by atoms with E-state index < -0.39 is 0 Å². The van der Waals surface area contributed by atoms with Gasteiger partial charge in [-0.1, -0.05) is 22.8 Å². The molecule has 0 fully saturated rings. The number of hydrogen-bond donors (Lipinski definition) is 2. The number of nitrogens with zero attached hydrogens (tertiary/aromatic N) is 2. The van der Waals surface area contributed by atoms with Crippen LogP contribution in [-0.2, 0) is 0 Å². The molecule has 1 unspecified atom stereocenters. The Labute approximate surface area is 166 Å². The summed E-state index contributed by atoms with van der Waals surface area (Å²) in [6.45, 7) is 5.79. The van der Waals surface area contributed by atoms with Crippen LogP contribution in [0.15, 0.2) is 40.9 Å². The van der Waals surface area contributed by atoms with Crippen molar-refractivity contribution in [1.29, 1.82) is 0 Å². The van der Waals surface area contributed by atoms with Crippen molar-refractivity contribution in [3.8, 4) is 11.4 Å². The van der Waals surface area contributed by atoms with Crippen molar-refractivity contribution in [2.45, 2.75) is 26.8 Å². The number of rotatable bonds is 4. The van der Waals surface area contributed by atoms with E-state index in [2.05, 4.69) is 20.8 Å². The number of aromatic nitrogens is 2. The van der Waals surface area contributed by atoms with Crippen LogP contribution < -0.4 is 10.6 Å². The minimum absolute atomic E-state index is 0.320. The van der Waals surface area contributed by atoms with Gasteiger partial charge in [0.05, 0.1) is 10.7 Å². The van der Waals surface area contributed by atoms with E-state index in [4.69, 9.17) is 28.3 Å². The smallest absolute Gasteiger partial charge is 0.249 e. The molecule has 0 saturated carbocycles. The van der Waals surface area contributed by atoms with E-state index in [-0.39, 0.29) is 11.9 Å². The Balaban J connectivity index is 1.68. The van der Waals surface area contributed by atoms with Gasteiger partial charge in [0.15, 0.2) is 5.11 Å². The van der Waals surface area contributed by atoms with Crippen molar-refractivity contribution in [1.82, 2.24) is 15.5 Å². The van der Waals surface area contributed by atoms with E-state index in [9.17, 15) is 4.39 Å². The molecule has 27 heavy (non-hydrogen) atoms. The Hall–Kier alpha value is -2.51. The lowest BCUT2D eigenvalue weighted by Gasteiger charge is -2.16. The maximum absolute atomic E-state index is 13.0. The molecule has 0 spiro atoms. The van der Waals surface area contributed by atoms with Gasteiger partial charge in [0.1, 0.15) is 11.9 Å². The predicted octanol–water partition coefficient (Wildman–Crippen LogP) is 5.19. The first kappa shape index (κ1) is 19.3. The summed E-state index contributed by atoms with van der Waals surface area (Å²) in [5.41, 5.74) is 3.49. The Kier molecular flexibility index (Phi) is 5.72. The molecule has 0 radical (unpaired) electrons. The van der Waals surface area contributed by atoms with E-state index >= 15 is 0 Å². The van der Waals surface area contributed by atoms with Gasteiger partial charge >= 0.3 is 0 Å². The average molecular weight is 405 g/mol. The Morgan fingerprint density at radius 2 is 1.93 bits per heavy atom. The number of thiocarbonyl (C=S) groups is 1. The third kappa shape index (κ3) is 4.61. The highest BCUT2D eigenvalue weighted by Crippen LogP contribution is 2.27. The van der Waals surface area contributed by atoms with Gasteiger partial charge in [-0.05, 0) is 74.4 Å². The summed E-state index contributed by atoms with van der Waals surface area (Å²) >= 11 is 11.7. The van der Waals surface area contributed by atoms with Crippen LogP contribution in [0.25, 0.3) is 11.4 Å². The predicted molar refractivity (Wildman–Crippen MR) is 108 cm³/mol. The third-order valence-corrected chi connectivity index (χ3v) is 4.45. The van der Waals surface area contributed by atoms with Gasteiger partial charge in [0, 0.05) is 5.56 Å². The molecular weight excluding hydrogens is 387 g/mol. The number of benzene rings is 2. The molecule has 0 bridgehead atoms. The lowest BCUT2D eigenvalue weighted by Crippen LogP contribution is -2.31. The molecular formula is C19H18ClFN4OS. The number of aryl methyl sites for hydroxylation is 2. The third-order valence-electron chi connectivity index (χ3n) is 3.93. The van der Waals surface area contributed by atoms with E-state index in [1.807, 2.05) is 32.9 Å². The van der Waals surface area contributed by atoms with Crippen molar-refractivity contribution < 1.29 is 8.91 Å². The number of anilines is 1. The van der Waals surface area contributed by atoms with Crippen molar-refractivity contribution in [3.05, 3.63) is 64.3 Å². The molecule has 1 aromatic heterocycles. The van der Waals surface area contributed by atoms with E-state index in [0.717, 1.165) is 16.8 Å². The molecule has 8 heteroatoms. The van der Waals surface area contributed by atoms with Gasteiger partial charge in [-0.25, -0.2) is 4.39 Å². The second kappa shape index (κ2) is 8.02. The summed E-state index contributed by atoms with van der Waals surface area (Å²) in [6, 6.07) is 9.45. The molecule has 3 aromatic rings. The highest BCUT2D eigenvalue weighted by atomic mass is 35.5. The summed E-state index contributed by atoms with van der Waals surface area (Å²) in [7, 11) is 0. The van der Waals surface area contributed by atoms with Gasteiger partial charge in [0.2, 0.25) is 11.7 Å². The standard InChI is InChI=1S/C19H18ClFN4OS/c1-10-8-11(2)16(15(20)9-10)23-19(27)22-12(3)18-24-17(25-26-18)13-4-6-14(21)7-5-13/h4-9,12H,1-3H3,(H2,22,23,27). The fourth-order valence-corrected chi connectivity index (χ4v) is 3.26. The number of nitrogens with one attached hydrogen (secondary N) is 2. The van der Waals surface area contributed by atoms with Crippen LogP contribution in [0.3, 0.4) is 0 Å². The molecule has 1 heterocycles. The van der Waals surface area contributed by atoms with Gasteiger partial charge in [-0.3, -0.25) is 0 Å². The van der Waals surface area contributed by atoms with Crippen LogP contribution in [0.4, 0.5) is 10.1 Å². The first-order valence-corrected chi connectivity index (χ1v) is 9.06. The number of halogens is 2. The SMILES string of the molecule is Cc1cc(C)c(NC(=S)NC(C)c2nc(-c3ccc(F)cc3)no2)c(Cl)c1. The zero-order valence-electron chi connectivity index (χ0n) is 15.0. The van der Waals surface area contributed by atoms with Crippen molar-refractivity contribution in [2.75, 3.05) is 5.32 Å². The van der Waals surface area contributed by atoms with Gasteiger partial charge in [-0.2, -0.15) is 4.98 Å². The monoisotopic (exact) mass is 404 g/mol. The van der Waals surface area contributed by atoms with E-state index in [1.165, 1.54) is 12.1 Å². The van der Waals surface area contributed by atoms with Crippen LogP contribution in [0.5, 0.6) is 0 Å². The largest absolute Gasteiger partial charge is 0.351 e. The minimum atomic E-state index is -0.323. The van der Waals surface area contributed by atoms with Crippen molar-refractivity contribution >= 4 is 34.6 Å². The second-order valence-electron chi connectivity index (χ2n) is 6.22. The Morgan fingerprint density at radius 3 is 2.59 bits per heavy atom. The maximum atomic E-state index is 13.0. The summed E-state index contributed by atoms with van der Waals surface area (Å²) < 4.78 is 18.3. The van der Waals surface area contributed by atoms with Gasteiger partial charge < -0.3 is 15.2 Å². The van der Waals surface area contributed by atoms with Crippen molar-refractivity contribution in [2.24, 2.45) is 0 Å². The second-order valence-corrected chi connectivity index (χ2v) is 7.04. The van der Waals surface area contributed by atoms with Gasteiger partial charge in [0.25, 0.3) is 0 Å². The molecule has 0 saturated heterocycles. The summed E-state index contributed by atoms with van der Waals surface area (Å²) in [5, 5.41) is 11.1. The van der Waals surface area contributed by atoms with Gasteiger partial charge in [-0.15, -0.1) is 0 Å². The average Bonchev–Trinajstić information content (AvgIpc) is 3.09. The van der Waals surface area contributed by atoms with E-state index in [1.54, 1.807) is 12.1 Å². The first-order chi connectivity index (χ1) is 12.8. The number of hydrogen-bond acceptors (Lipinski definition) is 4. The molecule has 5 nitrogen and oxygen atoms in total. The van der Waals surface area contributed by atoms with Crippen LogP contribution in [0.2, 0.25) is 5.02 Å². The molecule has 0 aliphatic carbocycles. The Bertz CT molecular complexity index is 951. The van der Waals surface area contributed by atoms with Crippen LogP contribution in [-0.4, -0.2) is 15.3 Å². The van der Waals surface area contributed by atoms with Crippen LogP contribution in [0.1, 0.15) is 30.0 Å². The van der Waals surface area contributed by atoms with E-state index in [0.29, 0.717) is 27.4 Å². The normalized spacial score (nSPS) is 11.9. The highest BCUT2D eigenvalue weighted by molar-refractivity contribution is 7.80. The zero-order valence-corrected chi connectivity index (χ0v) is 16.6. The summed E-state index contributed by atoms with van der Waals surface area (Å²) in [4.78, 5) is 4.34. The lowest BCUT2D eigenvalue weighted by molar-refractivity contribution is 0.354. The molecule has 0 aliphatic heterocycles. The first-order valence-electron chi connectivity index (χ1n) is 8.27. The fraction of sp³-hybridized carbons (Fsp3) is 0.211. The Morgan fingerprint density at radius 1 is 1.22 bits per heavy atom. The highest BCUT2D eigenvalue weighted by Gasteiger charge is 2.17. The van der Waals surface area contributed by atoms with Crippen LogP contribution >= 0.6 is 23.8 Å². The lowest BCUT2D eigenvalue weighted by atomic mass is 10.1. The maximum Gasteiger partial charge on any atom is 0.249 e. The van der Waals surface area contributed by atoms with Crippen molar-refractivity contribution in [3.63, 3.8) is 0 Å². The zero-order chi connectivity index (χ0) is 19.6. The fourth-order valence-electron chi connectivity index (χ4n) is 2.61. The molecule has 2 aromatic carbocycles. The van der Waals surface area contributed by atoms with Crippen LogP contribution in [0, 0.1) is 19.7 Å². The molecule has 1 atom stereocenters. The summed E-state index contributed by atoms with van der Waals surface area (Å²) in [5.74, 6) is 0.430. The molecule has 3 rings (SSSR count). The molecule has 140 valence electrons.